The summed E-state index contributed by atoms with van der Waals surface area (Å²) in [6.07, 6.45) is 3.92. The summed E-state index contributed by atoms with van der Waals surface area (Å²) in [6, 6.07) is 0.491. The van der Waals surface area contributed by atoms with Crippen LogP contribution in [0.5, 0.6) is 0 Å². The van der Waals surface area contributed by atoms with E-state index in [2.05, 4.69) is 43.0 Å². The Kier molecular flexibility index (Phi) is 2.87. The van der Waals surface area contributed by atoms with Crippen LogP contribution in [0.25, 0.3) is 11.0 Å². The molecule has 0 aliphatic carbocycles. The molecule has 1 aliphatic heterocycles. The molecule has 0 aromatic carbocycles. The fourth-order valence-corrected chi connectivity index (χ4v) is 3.01. The van der Waals surface area contributed by atoms with E-state index in [1.807, 2.05) is 4.68 Å². The Bertz CT molecular complexity index is 545. The highest BCUT2D eigenvalue weighted by molar-refractivity contribution is 14.1. The van der Waals surface area contributed by atoms with Gasteiger partial charge in [-0.05, 0) is 42.0 Å². The number of hydrogen-bond acceptors (Lipinski definition) is 5. The molecule has 0 unspecified atom stereocenters. The number of rotatable bonds is 2. The van der Waals surface area contributed by atoms with E-state index in [4.69, 9.17) is 5.73 Å². The lowest BCUT2D eigenvalue weighted by Gasteiger charge is -2.10. The molecule has 1 fully saturated rings. The second kappa shape index (κ2) is 4.37. The first-order valence-corrected chi connectivity index (χ1v) is 6.69. The van der Waals surface area contributed by atoms with Gasteiger partial charge < -0.3 is 11.1 Å². The Morgan fingerprint density at radius 1 is 1.53 bits per heavy atom. The molecule has 0 bridgehead atoms. The number of nitrogen functional groups attached to an aromatic ring is 1. The van der Waals surface area contributed by atoms with Crippen LogP contribution in [0.15, 0.2) is 6.33 Å². The second-order valence-corrected chi connectivity index (χ2v) is 5.25. The highest BCUT2D eigenvalue weighted by Crippen LogP contribution is 2.23. The number of anilines is 1. The average molecular weight is 344 g/mol. The fourth-order valence-electron chi connectivity index (χ4n) is 2.23. The maximum atomic E-state index is 5.85. The molecule has 0 radical (unpaired) electrons. The minimum Gasteiger partial charge on any atom is -0.383 e. The molecule has 90 valence electrons. The topological polar surface area (TPSA) is 81.7 Å². The van der Waals surface area contributed by atoms with Gasteiger partial charge in [-0.15, -0.1) is 0 Å². The Balaban J connectivity index is 2.01. The number of aromatic nitrogens is 4. The van der Waals surface area contributed by atoms with Gasteiger partial charge in [-0.25, -0.2) is 14.6 Å². The maximum absolute atomic E-state index is 5.85. The molecule has 17 heavy (non-hydrogen) atoms. The lowest BCUT2D eigenvalue weighted by Crippen LogP contribution is -2.27. The van der Waals surface area contributed by atoms with Crippen LogP contribution in [-0.4, -0.2) is 32.3 Å². The summed E-state index contributed by atoms with van der Waals surface area (Å²) in [4.78, 5) is 8.29. The van der Waals surface area contributed by atoms with Crippen LogP contribution in [0.2, 0.25) is 0 Å². The standard InChI is InChI=1S/C10H13IN6/c11-8-7-9(12)14-5-15-10(7)17(16-8)4-6-2-1-3-13-6/h5-6,13H,1-4H2,(H2,12,14,15)/t6-/m0/s1. The van der Waals surface area contributed by atoms with Crippen molar-refractivity contribution in [2.24, 2.45) is 0 Å². The predicted octanol–water partition coefficient (Wildman–Crippen LogP) is 0.765. The Morgan fingerprint density at radius 2 is 2.41 bits per heavy atom. The van der Waals surface area contributed by atoms with Crippen LogP contribution in [0, 0.1) is 3.70 Å². The SMILES string of the molecule is Nc1ncnc2c1c(I)nn2C[C@@H]1CCCN1. The molecule has 7 heteroatoms. The summed E-state index contributed by atoms with van der Waals surface area (Å²) in [5, 5.41) is 8.82. The maximum Gasteiger partial charge on any atom is 0.164 e. The second-order valence-electron chi connectivity index (χ2n) is 4.22. The lowest BCUT2D eigenvalue weighted by molar-refractivity contribution is 0.482. The third-order valence-corrected chi connectivity index (χ3v) is 3.83. The van der Waals surface area contributed by atoms with Crippen LogP contribution in [0.4, 0.5) is 5.82 Å². The van der Waals surface area contributed by atoms with Crippen molar-refractivity contribution >= 4 is 39.4 Å². The summed E-state index contributed by atoms with van der Waals surface area (Å²) in [6.45, 7) is 1.94. The van der Waals surface area contributed by atoms with Gasteiger partial charge in [0.2, 0.25) is 0 Å². The van der Waals surface area contributed by atoms with Crippen LogP contribution in [0.1, 0.15) is 12.8 Å². The van der Waals surface area contributed by atoms with Gasteiger partial charge in [0.05, 0.1) is 11.9 Å². The van der Waals surface area contributed by atoms with E-state index in [1.165, 1.54) is 19.2 Å². The van der Waals surface area contributed by atoms with Crippen LogP contribution >= 0.6 is 22.6 Å². The molecule has 1 aliphatic rings. The molecular formula is C10H13IN6. The van der Waals surface area contributed by atoms with E-state index in [0.717, 1.165) is 27.8 Å². The van der Waals surface area contributed by atoms with E-state index in [0.29, 0.717) is 11.9 Å². The average Bonchev–Trinajstić information content (AvgIpc) is 2.90. The third kappa shape index (κ3) is 1.97. The molecule has 2 aromatic heterocycles. The summed E-state index contributed by atoms with van der Waals surface area (Å²) >= 11 is 2.18. The van der Waals surface area contributed by atoms with Gasteiger partial charge in [0.25, 0.3) is 0 Å². The number of nitrogens with zero attached hydrogens (tertiary/aromatic N) is 4. The molecule has 6 nitrogen and oxygen atoms in total. The molecule has 0 amide bonds. The zero-order valence-electron chi connectivity index (χ0n) is 9.23. The van der Waals surface area contributed by atoms with Gasteiger partial charge in [-0.2, -0.15) is 5.10 Å². The van der Waals surface area contributed by atoms with Crippen molar-refractivity contribution in [2.45, 2.75) is 25.4 Å². The molecule has 3 N–H and O–H groups in total. The first-order chi connectivity index (χ1) is 8.25. The molecule has 3 heterocycles. The third-order valence-electron chi connectivity index (χ3n) is 3.07. The molecule has 1 atom stereocenters. The van der Waals surface area contributed by atoms with E-state index in [1.54, 1.807) is 0 Å². The van der Waals surface area contributed by atoms with Crippen molar-refractivity contribution in [3.63, 3.8) is 0 Å². The largest absolute Gasteiger partial charge is 0.383 e. The van der Waals surface area contributed by atoms with E-state index in [-0.39, 0.29) is 0 Å². The zero-order valence-corrected chi connectivity index (χ0v) is 11.4. The Morgan fingerprint density at radius 3 is 3.18 bits per heavy atom. The van der Waals surface area contributed by atoms with Crippen LogP contribution in [0.3, 0.4) is 0 Å². The Labute approximate surface area is 112 Å². The van der Waals surface area contributed by atoms with Crippen molar-refractivity contribution in [3.05, 3.63) is 10.0 Å². The van der Waals surface area contributed by atoms with Crippen LogP contribution < -0.4 is 11.1 Å². The number of nitrogens with one attached hydrogen (secondary N) is 1. The number of fused-ring (bicyclic) bond motifs is 1. The monoisotopic (exact) mass is 344 g/mol. The van der Waals surface area contributed by atoms with Gasteiger partial charge in [0.15, 0.2) is 5.65 Å². The number of nitrogens with two attached hydrogens (primary N) is 1. The minimum atomic E-state index is 0.491. The highest BCUT2D eigenvalue weighted by atomic mass is 127. The van der Waals surface area contributed by atoms with E-state index in [9.17, 15) is 0 Å². The van der Waals surface area contributed by atoms with Crippen molar-refractivity contribution in [1.82, 2.24) is 25.1 Å². The van der Waals surface area contributed by atoms with Gasteiger partial charge in [0, 0.05) is 6.04 Å². The summed E-state index contributed by atoms with van der Waals surface area (Å²) in [5.41, 5.74) is 6.68. The zero-order chi connectivity index (χ0) is 11.8. The first-order valence-electron chi connectivity index (χ1n) is 5.61. The molecular weight excluding hydrogens is 331 g/mol. The quantitative estimate of drug-likeness (QED) is 0.787. The van der Waals surface area contributed by atoms with Crippen molar-refractivity contribution in [3.8, 4) is 0 Å². The molecule has 0 spiro atoms. The minimum absolute atomic E-state index is 0.491. The normalized spacial score (nSPS) is 20.2. The van der Waals surface area contributed by atoms with E-state index >= 15 is 0 Å². The number of hydrogen-bond donors (Lipinski definition) is 2. The molecule has 2 aromatic rings. The summed E-state index contributed by atoms with van der Waals surface area (Å²) < 4.78 is 2.80. The number of halogens is 1. The van der Waals surface area contributed by atoms with Crippen molar-refractivity contribution in [2.75, 3.05) is 12.3 Å². The fraction of sp³-hybridized carbons (Fsp3) is 0.500. The highest BCUT2D eigenvalue weighted by Gasteiger charge is 2.19. The molecule has 1 saturated heterocycles. The Hall–Kier alpha value is -0.960. The van der Waals surface area contributed by atoms with Crippen molar-refractivity contribution < 1.29 is 0 Å². The predicted molar refractivity (Wildman–Crippen MR) is 73.5 cm³/mol. The van der Waals surface area contributed by atoms with Gasteiger partial charge >= 0.3 is 0 Å². The van der Waals surface area contributed by atoms with Gasteiger partial charge in [-0.3, -0.25) is 0 Å². The first kappa shape index (κ1) is 11.1. The van der Waals surface area contributed by atoms with E-state index < -0.39 is 0 Å². The van der Waals surface area contributed by atoms with Crippen molar-refractivity contribution in [1.29, 1.82) is 0 Å². The molecule has 3 rings (SSSR count). The van der Waals surface area contributed by atoms with Crippen LogP contribution in [-0.2, 0) is 6.54 Å². The van der Waals surface area contributed by atoms with Gasteiger partial charge in [0.1, 0.15) is 15.8 Å². The summed E-state index contributed by atoms with van der Waals surface area (Å²) in [5.74, 6) is 0.505. The smallest absolute Gasteiger partial charge is 0.164 e. The molecule has 0 saturated carbocycles. The van der Waals surface area contributed by atoms with Gasteiger partial charge in [-0.1, -0.05) is 0 Å². The lowest BCUT2D eigenvalue weighted by atomic mass is 10.2. The summed E-state index contributed by atoms with van der Waals surface area (Å²) in [7, 11) is 0.